The summed E-state index contributed by atoms with van der Waals surface area (Å²) in [4.78, 5) is 7.82. The van der Waals surface area contributed by atoms with E-state index in [2.05, 4.69) is 34.0 Å². The molecule has 2 aliphatic heterocycles. The molecule has 4 heteroatoms. The molecule has 106 valence electrons. The lowest BCUT2D eigenvalue weighted by molar-refractivity contribution is 0.113. The van der Waals surface area contributed by atoms with E-state index in [4.69, 9.17) is 0 Å². The second-order valence-electron chi connectivity index (χ2n) is 5.95. The summed E-state index contributed by atoms with van der Waals surface area (Å²) >= 11 is 0. The summed E-state index contributed by atoms with van der Waals surface area (Å²) in [7, 11) is 2.27. The van der Waals surface area contributed by atoms with E-state index in [1.807, 2.05) is 0 Å². The molecule has 0 spiro atoms. The van der Waals surface area contributed by atoms with Gasteiger partial charge in [-0.15, -0.1) is 0 Å². The predicted molar refractivity (Wildman–Crippen MR) is 77.1 cm³/mol. The highest BCUT2D eigenvalue weighted by atomic mass is 15.3. The smallest absolute Gasteiger partial charge is 0.0195 e. The van der Waals surface area contributed by atoms with Crippen molar-refractivity contribution in [2.75, 3.05) is 66.0 Å². The summed E-state index contributed by atoms with van der Waals surface area (Å²) in [6.07, 6.45) is 2.59. The molecule has 2 fully saturated rings. The number of hydrogen-bond donors (Lipinski definition) is 1. The highest BCUT2D eigenvalue weighted by Crippen LogP contribution is 2.08. The van der Waals surface area contributed by atoms with E-state index in [9.17, 15) is 0 Å². The molecule has 2 bridgehead atoms. The minimum absolute atomic E-state index is 0.703. The Morgan fingerprint density at radius 3 is 2.67 bits per heavy atom. The molecular weight excluding hydrogens is 224 g/mol. The van der Waals surface area contributed by atoms with Crippen molar-refractivity contribution in [1.82, 2.24) is 20.0 Å². The lowest BCUT2D eigenvalue weighted by Gasteiger charge is -2.37. The van der Waals surface area contributed by atoms with Crippen LogP contribution in [0.2, 0.25) is 0 Å². The van der Waals surface area contributed by atoms with Crippen molar-refractivity contribution in [3.05, 3.63) is 0 Å². The maximum absolute atomic E-state index is 3.57. The van der Waals surface area contributed by atoms with E-state index < -0.39 is 0 Å². The highest BCUT2D eigenvalue weighted by molar-refractivity contribution is 4.77. The van der Waals surface area contributed by atoms with E-state index in [0.717, 1.165) is 6.54 Å². The fourth-order valence-corrected chi connectivity index (χ4v) is 3.08. The number of nitrogens with one attached hydrogen (secondary N) is 1. The number of fused-ring (bicyclic) bond motifs is 3. The standard InChI is InChI=1S/C14H30N4/c1-14-13-17-8-4-7-16(2)11-12-18(14)9-3-5-15-6-10-17/h14-15H,3-13H2,1-2H3. The summed E-state index contributed by atoms with van der Waals surface area (Å²) in [6, 6.07) is 0.703. The largest absolute Gasteiger partial charge is 0.315 e. The summed E-state index contributed by atoms with van der Waals surface area (Å²) < 4.78 is 0. The molecule has 2 saturated heterocycles. The normalized spacial score (nSPS) is 37.3. The maximum Gasteiger partial charge on any atom is 0.0195 e. The Balaban J connectivity index is 2.01. The van der Waals surface area contributed by atoms with Gasteiger partial charge in [-0.1, -0.05) is 0 Å². The molecule has 2 heterocycles. The molecule has 0 aromatic rings. The van der Waals surface area contributed by atoms with Crippen LogP contribution >= 0.6 is 0 Å². The second-order valence-corrected chi connectivity index (χ2v) is 5.95. The number of rotatable bonds is 0. The van der Waals surface area contributed by atoms with Crippen molar-refractivity contribution in [2.24, 2.45) is 0 Å². The van der Waals surface area contributed by atoms with Gasteiger partial charge in [-0.2, -0.15) is 0 Å². The van der Waals surface area contributed by atoms with Gasteiger partial charge < -0.3 is 15.1 Å². The first-order valence-electron chi connectivity index (χ1n) is 7.61. The van der Waals surface area contributed by atoms with Crippen molar-refractivity contribution in [3.63, 3.8) is 0 Å². The third-order valence-corrected chi connectivity index (χ3v) is 4.33. The van der Waals surface area contributed by atoms with Crippen LogP contribution in [0.1, 0.15) is 19.8 Å². The van der Waals surface area contributed by atoms with Crippen molar-refractivity contribution in [1.29, 1.82) is 0 Å². The van der Waals surface area contributed by atoms with Crippen LogP contribution in [0.5, 0.6) is 0 Å². The van der Waals surface area contributed by atoms with Crippen LogP contribution in [0.3, 0.4) is 0 Å². The summed E-state index contributed by atoms with van der Waals surface area (Å²) in [6.45, 7) is 13.4. The first-order valence-corrected chi connectivity index (χ1v) is 7.61. The molecule has 3 unspecified atom stereocenters. The van der Waals surface area contributed by atoms with E-state index in [1.165, 1.54) is 65.2 Å². The van der Waals surface area contributed by atoms with Gasteiger partial charge in [0, 0.05) is 38.8 Å². The minimum Gasteiger partial charge on any atom is -0.315 e. The molecule has 2 aliphatic rings. The first-order chi connectivity index (χ1) is 8.75. The fraction of sp³-hybridized carbons (Fsp3) is 1.00. The SMILES string of the molecule is CC1CN2CCCN(C)CCN1CCCNCC2. The van der Waals surface area contributed by atoms with Crippen LogP contribution in [0.15, 0.2) is 0 Å². The third-order valence-electron chi connectivity index (χ3n) is 4.33. The number of hydrogen-bond acceptors (Lipinski definition) is 4. The van der Waals surface area contributed by atoms with Gasteiger partial charge in [0.15, 0.2) is 0 Å². The van der Waals surface area contributed by atoms with E-state index >= 15 is 0 Å². The first kappa shape index (κ1) is 14.3. The summed E-state index contributed by atoms with van der Waals surface area (Å²) in [5.41, 5.74) is 0. The van der Waals surface area contributed by atoms with Crippen molar-refractivity contribution >= 4 is 0 Å². The van der Waals surface area contributed by atoms with Gasteiger partial charge in [0.1, 0.15) is 0 Å². The summed E-state index contributed by atoms with van der Waals surface area (Å²) in [5.74, 6) is 0. The molecule has 0 aliphatic carbocycles. The molecule has 0 aromatic heterocycles. The highest BCUT2D eigenvalue weighted by Gasteiger charge is 2.19. The minimum atomic E-state index is 0.703. The van der Waals surface area contributed by atoms with E-state index in [1.54, 1.807) is 0 Å². The van der Waals surface area contributed by atoms with Crippen molar-refractivity contribution < 1.29 is 0 Å². The maximum atomic E-state index is 3.57. The van der Waals surface area contributed by atoms with Gasteiger partial charge in [0.05, 0.1) is 0 Å². The molecule has 0 radical (unpaired) electrons. The zero-order chi connectivity index (χ0) is 12.8. The molecule has 0 saturated carbocycles. The van der Waals surface area contributed by atoms with E-state index in [0.29, 0.717) is 6.04 Å². The van der Waals surface area contributed by atoms with Crippen LogP contribution in [-0.4, -0.2) is 86.7 Å². The van der Waals surface area contributed by atoms with Crippen molar-refractivity contribution in [3.8, 4) is 0 Å². The lowest BCUT2D eigenvalue weighted by Crippen LogP contribution is -2.49. The van der Waals surface area contributed by atoms with Crippen LogP contribution in [-0.2, 0) is 0 Å². The van der Waals surface area contributed by atoms with Crippen LogP contribution in [0.25, 0.3) is 0 Å². The molecule has 3 atom stereocenters. The van der Waals surface area contributed by atoms with Gasteiger partial charge in [0.2, 0.25) is 0 Å². The third kappa shape index (κ3) is 4.50. The molecule has 1 N–H and O–H groups in total. The molecular formula is C14H30N4. The molecule has 0 aromatic carbocycles. The van der Waals surface area contributed by atoms with Crippen molar-refractivity contribution in [2.45, 2.75) is 25.8 Å². The Labute approximate surface area is 112 Å². The zero-order valence-electron chi connectivity index (χ0n) is 12.2. The Bertz CT molecular complexity index is 234. The van der Waals surface area contributed by atoms with Gasteiger partial charge in [-0.05, 0) is 53.0 Å². The second kappa shape index (κ2) is 7.43. The fourth-order valence-electron chi connectivity index (χ4n) is 3.08. The monoisotopic (exact) mass is 254 g/mol. The zero-order valence-corrected chi connectivity index (χ0v) is 12.2. The molecule has 18 heavy (non-hydrogen) atoms. The van der Waals surface area contributed by atoms with Crippen LogP contribution in [0, 0.1) is 0 Å². The van der Waals surface area contributed by atoms with E-state index in [-0.39, 0.29) is 0 Å². The Morgan fingerprint density at radius 2 is 1.78 bits per heavy atom. The van der Waals surface area contributed by atoms with Crippen LogP contribution in [0.4, 0.5) is 0 Å². The van der Waals surface area contributed by atoms with Gasteiger partial charge in [-0.25, -0.2) is 0 Å². The number of likely N-dealkylation sites (N-methyl/N-ethyl adjacent to an activating group) is 1. The molecule has 4 nitrogen and oxygen atoms in total. The Hall–Kier alpha value is -0.160. The molecule has 2 rings (SSSR count). The van der Waals surface area contributed by atoms with Crippen LogP contribution < -0.4 is 5.32 Å². The topological polar surface area (TPSA) is 21.8 Å². The number of nitrogens with zero attached hydrogens (tertiary/aromatic N) is 3. The van der Waals surface area contributed by atoms with Gasteiger partial charge in [-0.3, -0.25) is 4.90 Å². The lowest BCUT2D eigenvalue weighted by atomic mass is 10.2. The Kier molecular flexibility index (Phi) is 5.89. The average molecular weight is 254 g/mol. The quantitative estimate of drug-likeness (QED) is 0.671. The average Bonchev–Trinajstić information content (AvgIpc) is 2.36. The predicted octanol–water partition coefficient (Wildman–Crippen LogP) is 0.308. The molecule has 0 amide bonds. The van der Waals surface area contributed by atoms with Gasteiger partial charge >= 0.3 is 0 Å². The Morgan fingerprint density at radius 1 is 0.889 bits per heavy atom. The van der Waals surface area contributed by atoms with Gasteiger partial charge in [0.25, 0.3) is 0 Å². The summed E-state index contributed by atoms with van der Waals surface area (Å²) in [5, 5.41) is 3.57.